The van der Waals surface area contributed by atoms with E-state index in [0.29, 0.717) is 0 Å². The Hall–Kier alpha value is -0.430. The third-order valence-corrected chi connectivity index (χ3v) is 1.92. The summed E-state index contributed by atoms with van der Waals surface area (Å²) >= 11 is 5.85. The summed E-state index contributed by atoms with van der Waals surface area (Å²) in [6.07, 6.45) is 4.81. The van der Waals surface area contributed by atoms with E-state index in [0.717, 1.165) is 12.2 Å². The minimum absolute atomic E-state index is 0.110. The minimum atomic E-state index is 0.110. The van der Waals surface area contributed by atoms with E-state index >= 15 is 0 Å². The van der Waals surface area contributed by atoms with Gasteiger partial charge in [0.05, 0.1) is 12.5 Å². The second kappa shape index (κ2) is 3.11. The monoisotopic (exact) mass is 158 g/mol. The fourth-order valence-corrected chi connectivity index (χ4v) is 1.21. The zero-order chi connectivity index (χ0) is 7.56. The third kappa shape index (κ3) is 1.54. The van der Waals surface area contributed by atoms with Gasteiger partial charge in [-0.25, -0.2) is 0 Å². The van der Waals surface area contributed by atoms with E-state index in [9.17, 15) is 0 Å². The molecule has 1 atom stereocenters. The molecule has 0 radical (unpaired) electrons. The fourth-order valence-electron chi connectivity index (χ4n) is 0.992. The Bertz CT molecular complexity index is 182. The van der Waals surface area contributed by atoms with E-state index in [-0.39, 0.29) is 5.38 Å². The first kappa shape index (κ1) is 7.67. The molecule has 0 saturated carbocycles. The normalized spacial score (nSPS) is 25.3. The molecular formula is C8H11ClO. The first-order valence-electron chi connectivity index (χ1n) is 3.30. The Morgan fingerprint density at radius 2 is 2.40 bits per heavy atom. The molecule has 10 heavy (non-hydrogen) atoms. The first-order valence-corrected chi connectivity index (χ1v) is 3.73. The van der Waals surface area contributed by atoms with Crippen LogP contribution >= 0.6 is 11.6 Å². The van der Waals surface area contributed by atoms with Crippen molar-refractivity contribution in [1.29, 1.82) is 0 Å². The Balaban J connectivity index is 2.74. The van der Waals surface area contributed by atoms with Crippen molar-refractivity contribution >= 4 is 11.6 Å². The van der Waals surface area contributed by atoms with Gasteiger partial charge in [0.2, 0.25) is 0 Å². The summed E-state index contributed by atoms with van der Waals surface area (Å²) in [5.74, 6) is 1.00. The molecule has 56 valence electrons. The number of allylic oxidation sites excluding steroid dienone is 4. The molecule has 2 heteroatoms. The molecule has 0 aromatic rings. The maximum atomic E-state index is 5.85. The summed E-state index contributed by atoms with van der Waals surface area (Å²) in [6.45, 7) is 2.03. The first-order chi connectivity index (χ1) is 4.74. The molecule has 0 spiro atoms. The second-order valence-corrected chi connectivity index (χ2v) is 2.95. The number of halogens is 1. The third-order valence-electron chi connectivity index (χ3n) is 1.62. The predicted molar refractivity (Wildman–Crippen MR) is 43.1 cm³/mol. The molecule has 0 aromatic carbocycles. The number of alkyl halides is 1. The lowest BCUT2D eigenvalue weighted by atomic mass is 10.1. The van der Waals surface area contributed by atoms with Crippen molar-refractivity contribution in [3.05, 3.63) is 23.5 Å². The van der Waals surface area contributed by atoms with E-state index < -0.39 is 0 Å². The van der Waals surface area contributed by atoms with Crippen LogP contribution in [-0.4, -0.2) is 12.5 Å². The van der Waals surface area contributed by atoms with Gasteiger partial charge in [-0.1, -0.05) is 12.2 Å². The van der Waals surface area contributed by atoms with Crippen LogP contribution in [0.2, 0.25) is 0 Å². The smallest absolute Gasteiger partial charge is 0.100 e. The van der Waals surface area contributed by atoms with Crippen molar-refractivity contribution in [3.63, 3.8) is 0 Å². The maximum absolute atomic E-state index is 5.85. The lowest BCUT2D eigenvalue weighted by Crippen LogP contribution is -2.04. The van der Waals surface area contributed by atoms with Gasteiger partial charge in [0.15, 0.2) is 0 Å². The Kier molecular flexibility index (Phi) is 2.39. The highest BCUT2D eigenvalue weighted by atomic mass is 35.5. The summed E-state index contributed by atoms with van der Waals surface area (Å²) in [5.41, 5.74) is 1.18. The van der Waals surface area contributed by atoms with Crippen LogP contribution in [0.15, 0.2) is 23.5 Å². The van der Waals surface area contributed by atoms with Crippen molar-refractivity contribution in [2.45, 2.75) is 18.7 Å². The SMILES string of the molecule is COC1=C(C)C=CC(Cl)C1. The van der Waals surface area contributed by atoms with Gasteiger partial charge < -0.3 is 4.74 Å². The van der Waals surface area contributed by atoms with Gasteiger partial charge in [0.25, 0.3) is 0 Å². The van der Waals surface area contributed by atoms with Gasteiger partial charge >= 0.3 is 0 Å². The van der Waals surface area contributed by atoms with Crippen LogP contribution < -0.4 is 0 Å². The molecule has 1 unspecified atom stereocenters. The Morgan fingerprint density at radius 1 is 1.70 bits per heavy atom. The minimum Gasteiger partial charge on any atom is -0.501 e. The van der Waals surface area contributed by atoms with Crippen LogP contribution in [0.4, 0.5) is 0 Å². The highest BCUT2D eigenvalue weighted by molar-refractivity contribution is 6.22. The molecule has 1 nitrogen and oxygen atoms in total. The van der Waals surface area contributed by atoms with E-state index in [4.69, 9.17) is 16.3 Å². The molecule has 1 rings (SSSR count). The van der Waals surface area contributed by atoms with E-state index in [2.05, 4.69) is 0 Å². The molecule has 0 N–H and O–H groups in total. The van der Waals surface area contributed by atoms with Crippen LogP contribution in [-0.2, 0) is 4.74 Å². The summed E-state index contributed by atoms with van der Waals surface area (Å²) < 4.78 is 5.12. The van der Waals surface area contributed by atoms with Crippen LogP contribution in [0.5, 0.6) is 0 Å². The van der Waals surface area contributed by atoms with E-state index in [1.165, 1.54) is 5.57 Å². The molecular weight excluding hydrogens is 148 g/mol. The molecule has 0 aliphatic heterocycles. The highest BCUT2D eigenvalue weighted by Gasteiger charge is 2.11. The molecule has 0 bridgehead atoms. The summed E-state index contributed by atoms with van der Waals surface area (Å²) in [6, 6.07) is 0. The Labute approximate surface area is 66.3 Å². The lowest BCUT2D eigenvalue weighted by molar-refractivity contribution is 0.273. The standard InChI is InChI=1S/C8H11ClO/c1-6-3-4-7(9)5-8(6)10-2/h3-4,7H,5H2,1-2H3. The van der Waals surface area contributed by atoms with Gasteiger partial charge in [0, 0.05) is 6.42 Å². The molecule has 0 amide bonds. The zero-order valence-corrected chi connectivity index (χ0v) is 6.98. The van der Waals surface area contributed by atoms with Crippen molar-refractivity contribution in [2.24, 2.45) is 0 Å². The van der Waals surface area contributed by atoms with Crippen molar-refractivity contribution < 1.29 is 4.74 Å². The second-order valence-electron chi connectivity index (χ2n) is 2.39. The van der Waals surface area contributed by atoms with Gasteiger partial charge in [-0.2, -0.15) is 0 Å². The van der Waals surface area contributed by atoms with Gasteiger partial charge in [-0.15, -0.1) is 11.6 Å². The maximum Gasteiger partial charge on any atom is 0.100 e. The van der Waals surface area contributed by atoms with E-state index in [1.54, 1.807) is 7.11 Å². The topological polar surface area (TPSA) is 9.23 Å². The molecule has 1 aliphatic rings. The van der Waals surface area contributed by atoms with Crippen molar-refractivity contribution in [2.75, 3.05) is 7.11 Å². The Morgan fingerprint density at radius 3 is 2.90 bits per heavy atom. The fraction of sp³-hybridized carbons (Fsp3) is 0.500. The van der Waals surface area contributed by atoms with Gasteiger partial charge in [-0.05, 0) is 12.5 Å². The van der Waals surface area contributed by atoms with E-state index in [1.807, 2.05) is 19.1 Å². The molecule has 0 aromatic heterocycles. The molecule has 1 aliphatic carbocycles. The van der Waals surface area contributed by atoms with Crippen LogP contribution in [0.1, 0.15) is 13.3 Å². The lowest BCUT2D eigenvalue weighted by Gasteiger charge is -2.14. The highest BCUT2D eigenvalue weighted by Crippen LogP contribution is 2.22. The largest absolute Gasteiger partial charge is 0.501 e. The summed E-state index contributed by atoms with van der Waals surface area (Å²) in [5, 5.41) is 0.110. The van der Waals surface area contributed by atoms with Crippen LogP contribution in [0.25, 0.3) is 0 Å². The summed E-state index contributed by atoms with van der Waals surface area (Å²) in [7, 11) is 1.68. The number of methoxy groups -OCH3 is 1. The molecule has 0 fully saturated rings. The van der Waals surface area contributed by atoms with Crippen molar-refractivity contribution in [3.8, 4) is 0 Å². The van der Waals surface area contributed by atoms with Gasteiger partial charge in [0.1, 0.15) is 5.76 Å². The molecule has 0 saturated heterocycles. The number of hydrogen-bond donors (Lipinski definition) is 0. The average Bonchev–Trinajstić information content (AvgIpc) is 1.94. The number of hydrogen-bond acceptors (Lipinski definition) is 1. The van der Waals surface area contributed by atoms with Crippen LogP contribution in [0.3, 0.4) is 0 Å². The number of ether oxygens (including phenoxy) is 1. The molecule has 0 heterocycles. The zero-order valence-electron chi connectivity index (χ0n) is 6.23. The summed E-state index contributed by atoms with van der Waals surface area (Å²) in [4.78, 5) is 0. The quantitative estimate of drug-likeness (QED) is 0.533. The van der Waals surface area contributed by atoms with Crippen molar-refractivity contribution in [1.82, 2.24) is 0 Å². The average molecular weight is 159 g/mol. The van der Waals surface area contributed by atoms with Crippen LogP contribution in [0, 0.1) is 0 Å². The predicted octanol–water partition coefficient (Wildman–Crippen LogP) is 2.47. The number of rotatable bonds is 1. The van der Waals surface area contributed by atoms with Gasteiger partial charge in [-0.3, -0.25) is 0 Å².